The summed E-state index contributed by atoms with van der Waals surface area (Å²) in [7, 11) is 0. The second-order valence-corrected chi connectivity index (χ2v) is 7.01. The van der Waals surface area contributed by atoms with E-state index in [2.05, 4.69) is 33.5 Å². The number of aliphatic imine (C=N–C) groups is 1. The van der Waals surface area contributed by atoms with E-state index in [1.54, 1.807) is 11.3 Å². The number of guanidine groups is 1. The normalized spacial score (nSPS) is 14.1. The van der Waals surface area contributed by atoms with Gasteiger partial charge in [-0.25, -0.2) is 9.98 Å². The van der Waals surface area contributed by atoms with Crippen molar-refractivity contribution in [3.63, 3.8) is 0 Å². The molecule has 0 aliphatic heterocycles. The Morgan fingerprint density at radius 2 is 2.09 bits per heavy atom. The first-order chi connectivity index (χ1) is 10.6. The first-order valence-electron chi connectivity index (χ1n) is 7.74. The quantitative estimate of drug-likeness (QED) is 0.426. The number of rotatable bonds is 3. The Labute approximate surface area is 158 Å². The highest BCUT2D eigenvalue weighted by Gasteiger charge is 2.13. The van der Waals surface area contributed by atoms with Crippen LogP contribution in [0.15, 0.2) is 23.2 Å². The van der Waals surface area contributed by atoms with Gasteiger partial charge in [-0.3, -0.25) is 0 Å². The maximum atomic E-state index is 6.07. The van der Waals surface area contributed by atoms with Crippen LogP contribution in [0.4, 0.5) is 5.69 Å². The van der Waals surface area contributed by atoms with Crippen molar-refractivity contribution in [1.82, 2.24) is 4.98 Å². The number of hydrogen-bond acceptors (Lipinski definition) is 3. The molecular weight excluding hydrogens is 419 g/mol. The molecule has 6 heteroatoms. The van der Waals surface area contributed by atoms with Crippen LogP contribution in [0.5, 0.6) is 0 Å². The number of nitrogens with zero attached hydrogens (tertiary/aromatic N) is 2. The van der Waals surface area contributed by atoms with E-state index in [0.717, 1.165) is 22.8 Å². The van der Waals surface area contributed by atoms with Gasteiger partial charge in [-0.05, 0) is 56.7 Å². The molecule has 1 aliphatic rings. The van der Waals surface area contributed by atoms with Gasteiger partial charge in [0.05, 0.1) is 17.2 Å². The van der Waals surface area contributed by atoms with E-state index in [1.807, 2.05) is 13.8 Å². The minimum absolute atomic E-state index is 0. The van der Waals surface area contributed by atoms with Crippen LogP contribution >= 0.6 is 35.3 Å². The van der Waals surface area contributed by atoms with Crippen molar-refractivity contribution in [1.29, 1.82) is 0 Å². The molecule has 3 N–H and O–H groups in total. The Balaban J connectivity index is 0.00000192. The minimum atomic E-state index is 0. The average Bonchev–Trinajstić information content (AvgIpc) is 2.83. The van der Waals surface area contributed by atoms with Crippen molar-refractivity contribution in [2.24, 2.45) is 10.7 Å². The lowest BCUT2D eigenvalue weighted by atomic mass is 9.90. The zero-order valence-corrected chi connectivity index (χ0v) is 16.7. The molecule has 1 aliphatic carbocycles. The monoisotopic (exact) mass is 442 g/mol. The maximum absolute atomic E-state index is 6.07. The highest BCUT2D eigenvalue weighted by atomic mass is 127. The fourth-order valence-corrected chi connectivity index (χ4v) is 3.81. The van der Waals surface area contributed by atoms with E-state index in [0.29, 0.717) is 12.5 Å². The number of halogens is 1. The van der Waals surface area contributed by atoms with Gasteiger partial charge in [0, 0.05) is 10.6 Å². The lowest BCUT2D eigenvalue weighted by Gasteiger charge is -2.19. The highest BCUT2D eigenvalue weighted by molar-refractivity contribution is 14.0. The number of aryl methyl sites for hydroxylation is 3. The Morgan fingerprint density at radius 3 is 2.83 bits per heavy atom. The molecule has 0 bridgehead atoms. The molecule has 1 aromatic carbocycles. The SMILES string of the molecule is Cc1nc(C)c(CN=C(N)Nc2cccc3c2CCCC3)s1.I. The molecule has 0 spiro atoms. The molecule has 0 unspecified atom stereocenters. The number of benzene rings is 1. The second-order valence-electron chi connectivity index (χ2n) is 5.72. The lowest BCUT2D eigenvalue weighted by Crippen LogP contribution is -2.24. The van der Waals surface area contributed by atoms with Crippen molar-refractivity contribution < 1.29 is 0 Å². The standard InChI is InChI=1S/C17H22N4S.HI/c1-11-16(22-12(2)20-11)10-19-17(18)21-15-9-5-7-13-6-3-4-8-14(13)15;/h5,7,9H,3-4,6,8,10H2,1-2H3,(H3,18,19,21);1H. The first kappa shape index (κ1) is 18.2. The van der Waals surface area contributed by atoms with Crippen molar-refractivity contribution in [2.75, 3.05) is 5.32 Å². The summed E-state index contributed by atoms with van der Waals surface area (Å²) in [6.07, 6.45) is 4.83. The van der Waals surface area contributed by atoms with E-state index in [-0.39, 0.29) is 24.0 Å². The predicted molar refractivity (Wildman–Crippen MR) is 109 cm³/mol. The molecular formula is C17H23IN4S. The number of fused-ring (bicyclic) bond motifs is 1. The smallest absolute Gasteiger partial charge is 0.193 e. The second kappa shape index (κ2) is 8.10. The van der Waals surface area contributed by atoms with Crippen molar-refractivity contribution >= 4 is 47.0 Å². The molecule has 0 atom stereocenters. The molecule has 0 radical (unpaired) electrons. The molecule has 0 saturated heterocycles. The van der Waals surface area contributed by atoms with E-state index >= 15 is 0 Å². The fraction of sp³-hybridized carbons (Fsp3) is 0.412. The first-order valence-corrected chi connectivity index (χ1v) is 8.56. The van der Waals surface area contributed by atoms with E-state index in [9.17, 15) is 0 Å². The zero-order chi connectivity index (χ0) is 15.5. The average molecular weight is 442 g/mol. The molecule has 3 rings (SSSR count). The fourth-order valence-electron chi connectivity index (χ4n) is 2.95. The van der Waals surface area contributed by atoms with Gasteiger partial charge in [0.15, 0.2) is 5.96 Å². The molecule has 2 aromatic rings. The molecule has 4 nitrogen and oxygen atoms in total. The summed E-state index contributed by atoms with van der Waals surface area (Å²) in [5.41, 5.74) is 11.1. The Morgan fingerprint density at radius 1 is 1.30 bits per heavy atom. The van der Waals surface area contributed by atoms with E-state index in [4.69, 9.17) is 5.73 Å². The van der Waals surface area contributed by atoms with Crippen molar-refractivity contribution in [3.8, 4) is 0 Å². The van der Waals surface area contributed by atoms with Crippen LogP contribution in [0.1, 0.15) is 39.5 Å². The molecule has 1 heterocycles. The summed E-state index contributed by atoms with van der Waals surface area (Å²) in [5.74, 6) is 0.476. The molecule has 1 aromatic heterocycles. The largest absolute Gasteiger partial charge is 0.370 e. The van der Waals surface area contributed by atoms with E-state index in [1.165, 1.54) is 35.3 Å². The summed E-state index contributed by atoms with van der Waals surface area (Å²) in [5, 5.41) is 4.35. The third-order valence-electron chi connectivity index (χ3n) is 4.05. The van der Waals surface area contributed by atoms with Crippen molar-refractivity contribution in [3.05, 3.63) is 44.9 Å². The Bertz CT molecular complexity index is 709. The third kappa shape index (κ3) is 4.44. The van der Waals surface area contributed by atoms with E-state index < -0.39 is 0 Å². The van der Waals surface area contributed by atoms with Crippen LogP contribution in [-0.2, 0) is 19.4 Å². The van der Waals surface area contributed by atoms with Crippen LogP contribution < -0.4 is 11.1 Å². The van der Waals surface area contributed by atoms with Crippen LogP contribution in [-0.4, -0.2) is 10.9 Å². The summed E-state index contributed by atoms with van der Waals surface area (Å²) in [6, 6.07) is 6.40. The maximum Gasteiger partial charge on any atom is 0.193 e. The van der Waals surface area contributed by atoms with Gasteiger partial charge in [0.1, 0.15) is 0 Å². The van der Waals surface area contributed by atoms with Gasteiger partial charge in [-0.15, -0.1) is 35.3 Å². The number of nitrogens with one attached hydrogen (secondary N) is 1. The van der Waals surface area contributed by atoms with Gasteiger partial charge in [0.25, 0.3) is 0 Å². The lowest BCUT2D eigenvalue weighted by molar-refractivity contribution is 0.687. The highest BCUT2D eigenvalue weighted by Crippen LogP contribution is 2.27. The van der Waals surface area contributed by atoms with Gasteiger partial charge in [0.2, 0.25) is 0 Å². The predicted octanol–water partition coefficient (Wildman–Crippen LogP) is 4.18. The summed E-state index contributed by atoms with van der Waals surface area (Å²) < 4.78 is 0. The van der Waals surface area contributed by atoms with Crippen LogP contribution in [0.3, 0.4) is 0 Å². The molecule has 124 valence electrons. The minimum Gasteiger partial charge on any atom is -0.370 e. The molecule has 23 heavy (non-hydrogen) atoms. The summed E-state index contributed by atoms with van der Waals surface area (Å²) in [4.78, 5) is 10.1. The van der Waals surface area contributed by atoms with Gasteiger partial charge < -0.3 is 11.1 Å². The number of thiazole rings is 1. The van der Waals surface area contributed by atoms with Crippen LogP contribution in [0.25, 0.3) is 0 Å². The van der Waals surface area contributed by atoms with Crippen LogP contribution in [0.2, 0.25) is 0 Å². The molecule has 0 saturated carbocycles. The topological polar surface area (TPSA) is 63.3 Å². The van der Waals surface area contributed by atoms with Gasteiger partial charge in [-0.2, -0.15) is 0 Å². The molecule has 0 fully saturated rings. The number of aromatic nitrogens is 1. The number of anilines is 1. The Hall–Kier alpha value is -1.15. The van der Waals surface area contributed by atoms with Gasteiger partial charge >= 0.3 is 0 Å². The molecule has 0 amide bonds. The summed E-state index contributed by atoms with van der Waals surface area (Å²) >= 11 is 1.68. The zero-order valence-electron chi connectivity index (χ0n) is 13.6. The van der Waals surface area contributed by atoms with Crippen LogP contribution in [0, 0.1) is 13.8 Å². The summed E-state index contributed by atoms with van der Waals surface area (Å²) in [6.45, 7) is 4.62. The third-order valence-corrected chi connectivity index (χ3v) is 5.11. The number of hydrogen-bond donors (Lipinski definition) is 2. The van der Waals surface area contributed by atoms with Crippen molar-refractivity contribution in [2.45, 2.75) is 46.1 Å². The van der Waals surface area contributed by atoms with Gasteiger partial charge in [-0.1, -0.05) is 12.1 Å². The number of nitrogens with two attached hydrogens (primary N) is 1. The Kier molecular flexibility index (Phi) is 6.41.